The Kier molecular flexibility index (Phi) is 5.65. The predicted molar refractivity (Wildman–Crippen MR) is 85.4 cm³/mol. The fourth-order valence-corrected chi connectivity index (χ4v) is 3.22. The molecule has 2 N–H and O–H groups in total. The first kappa shape index (κ1) is 16.3. The number of carbonyl (C=O) groups is 1. The van der Waals surface area contributed by atoms with Crippen LogP contribution in [0.15, 0.2) is 24.3 Å². The van der Waals surface area contributed by atoms with Gasteiger partial charge in [0.1, 0.15) is 0 Å². The number of nitrogens with one attached hydrogen (secondary N) is 1. The lowest BCUT2D eigenvalue weighted by Gasteiger charge is -2.22. The van der Waals surface area contributed by atoms with E-state index in [1.165, 1.54) is 0 Å². The second-order valence-corrected chi connectivity index (χ2v) is 6.79. The molecule has 3 atom stereocenters. The summed E-state index contributed by atoms with van der Waals surface area (Å²) < 4.78 is 0. The van der Waals surface area contributed by atoms with Gasteiger partial charge in [0.2, 0.25) is 5.91 Å². The van der Waals surface area contributed by atoms with Gasteiger partial charge in [0, 0.05) is 11.6 Å². The first-order valence-electron chi connectivity index (χ1n) is 7.68. The fraction of sp³-hybridized carbons (Fsp3) is 0.588. The Balaban J connectivity index is 1.97. The van der Waals surface area contributed by atoms with Gasteiger partial charge in [0.25, 0.3) is 0 Å². The van der Waals surface area contributed by atoms with Crippen LogP contribution in [0, 0.1) is 11.8 Å². The SMILES string of the molecule is CC(C)C(C(=O)NCC1CCC(O)C1)c1ccc(Cl)cc1. The Hall–Kier alpha value is -1.06. The van der Waals surface area contributed by atoms with Gasteiger partial charge in [-0.25, -0.2) is 0 Å². The molecule has 4 heteroatoms. The quantitative estimate of drug-likeness (QED) is 0.876. The average Bonchev–Trinajstić information content (AvgIpc) is 2.84. The molecule has 0 bridgehead atoms. The van der Waals surface area contributed by atoms with Gasteiger partial charge in [-0.1, -0.05) is 37.6 Å². The maximum absolute atomic E-state index is 12.5. The van der Waals surface area contributed by atoms with Crippen LogP contribution in [-0.2, 0) is 4.79 Å². The van der Waals surface area contributed by atoms with Crippen molar-refractivity contribution in [3.8, 4) is 0 Å². The second kappa shape index (κ2) is 7.28. The molecule has 116 valence electrons. The Morgan fingerprint density at radius 3 is 2.52 bits per heavy atom. The number of hydrogen-bond acceptors (Lipinski definition) is 2. The highest BCUT2D eigenvalue weighted by Crippen LogP contribution is 2.27. The summed E-state index contributed by atoms with van der Waals surface area (Å²) in [6.07, 6.45) is 2.46. The number of aliphatic hydroxyl groups excluding tert-OH is 1. The first-order chi connectivity index (χ1) is 9.97. The van der Waals surface area contributed by atoms with E-state index in [0.717, 1.165) is 24.8 Å². The molecule has 1 fully saturated rings. The molecular formula is C17H24ClNO2. The zero-order valence-corrected chi connectivity index (χ0v) is 13.4. The minimum Gasteiger partial charge on any atom is -0.393 e. The van der Waals surface area contributed by atoms with Crippen molar-refractivity contribution in [3.63, 3.8) is 0 Å². The van der Waals surface area contributed by atoms with Crippen LogP contribution in [0.5, 0.6) is 0 Å². The number of hydrogen-bond donors (Lipinski definition) is 2. The van der Waals surface area contributed by atoms with E-state index >= 15 is 0 Å². The minimum atomic E-state index is -0.191. The molecule has 1 amide bonds. The van der Waals surface area contributed by atoms with Crippen LogP contribution in [0.3, 0.4) is 0 Å². The van der Waals surface area contributed by atoms with Gasteiger partial charge in [-0.05, 0) is 48.8 Å². The molecule has 0 saturated heterocycles. The van der Waals surface area contributed by atoms with Crippen molar-refractivity contribution in [2.24, 2.45) is 11.8 Å². The summed E-state index contributed by atoms with van der Waals surface area (Å²) in [6, 6.07) is 7.50. The van der Waals surface area contributed by atoms with Crippen LogP contribution in [0.4, 0.5) is 0 Å². The number of rotatable bonds is 5. The maximum Gasteiger partial charge on any atom is 0.227 e. The monoisotopic (exact) mass is 309 g/mol. The molecule has 1 aromatic rings. The lowest BCUT2D eigenvalue weighted by atomic mass is 9.87. The van der Waals surface area contributed by atoms with Crippen LogP contribution >= 0.6 is 11.6 Å². The lowest BCUT2D eigenvalue weighted by Crippen LogP contribution is -2.35. The Morgan fingerprint density at radius 2 is 2.00 bits per heavy atom. The number of carbonyl (C=O) groups excluding carboxylic acids is 1. The van der Waals surface area contributed by atoms with Crippen molar-refractivity contribution in [2.45, 2.75) is 45.1 Å². The molecule has 3 unspecified atom stereocenters. The summed E-state index contributed by atoms with van der Waals surface area (Å²) in [5.41, 5.74) is 0.998. The second-order valence-electron chi connectivity index (χ2n) is 6.35. The molecule has 3 nitrogen and oxygen atoms in total. The summed E-state index contributed by atoms with van der Waals surface area (Å²) >= 11 is 5.91. The highest BCUT2D eigenvalue weighted by molar-refractivity contribution is 6.30. The van der Waals surface area contributed by atoms with Crippen molar-refractivity contribution in [3.05, 3.63) is 34.9 Å². The van der Waals surface area contributed by atoms with Gasteiger partial charge in [-0.15, -0.1) is 0 Å². The Morgan fingerprint density at radius 1 is 1.33 bits per heavy atom. The van der Waals surface area contributed by atoms with Crippen LogP contribution in [0.1, 0.15) is 44.6 Å². The van der Waals surface area contributed by atoms with E-state index in [4.69, 9.17) is 11.6 Å². The van der Waals surface area contributed by atoms with Crippen LogP contribution in [-0.4, -0.2) is 23.7 Å². The van der Waals surface area contributed by atoms with Crippen molar-refractivity contribution in [2.75, 3.05) is 6.54 Å². The van der Waals surface area contributed by atoms with Gasteiger partial charge in [-0.2, -0.15) is 0 Å². The van der Waals surface area contributed by atoms with E-state index in [1.807, 2.05) is 24.3 Å². The number of halogens is 1. The number of benzene rings is 1. The van der Waals surface area contributed by atoms with E-state index in [0.29, 0.717) is 17.5 Å². The molecule has 0 aliphatic heterocycles. The topological polar surface area (TPSA) is 49.3 Å². The molecule has 1 aromatic carbocycles. The van der Waals surface area contributed by atoms with Gasteiger partial charge in [0.15, 0.2) is 0 Å². The molecular weight excluding hydrogens is 286 g/mol. The molecule has 0 radical (unpaired) electrons. The third-order valence-electron chi connectivity index (χ3n) is 4.26. The normalized spacial score (nSPS) is 23.3. The average molecular weight is 310 g/mol. The highest BCUT2D eigenvalue weighted by Gasteiger charge is 2.27. The smallest absolute Gasteiger partial charge is 0.227 e. The summed E-state index contributed by atoms with van der Waals surface area (Å²) in [5.74, 6) is 0.532. The van der Waals surface area contributed by atoms with Crippen LogP contribution in [0.25, 0.3) is 0 Å². The minimum absolute atomic E-state index is 0.0636. The van der Waals surface area contributed by atoms with E-state index in [2.05, 4.69) is 19.2 Å². The maximum atomic E-state index is 12.5. The van der Waals surface area contributed by atoms with Gasteiger partial charge in [-0.3, -0.25) is 4.79 Å². The van der Waals surface area contributed by atoms with Crippen molar-refractivity contribution >= 4 is 17.5 Å². The van der Waals surface area contributed by atoms with Crippen molar-refractivity contribution < 1.29 is 9.90 Å². The summed E-state index contributed by atoms with van der Waals surface area (Å²) in [5, 5.41) is 13.3. The van der Waals surface area contributed by atoms with Gasteiger partial charge in [0.05, 0.1) is 12.0 Å². The predicted octanol–water partition coefficient (Wildman–Crippen LogP) is 3.36. The zero-order valence-electron chi connectivity index (χ0n) is 12.7. The summed E-state index contributed by atoms with van der Waals surface area (Å²) in [4.78, 5) is 12.5. The molecule has 1 aliphatic carbocycles. The molecule has 21 heavy (non-hydrogen) atoms. The third kappa shape index (κ3) is 4.45. The molecule has 0 spiro atoms. The zero-order chi connectivity index (χ0) is 15.4. The highest BCUT2D eigenvalue weighted by atomic mass is 35.5. The van der Waals surface area contributed by atoms with Gasteiger partial charge < -0.3 is 10.4 Å². The molecule has 2 rings (SSSR count). The molecule has 1 aliphatic rings. The van der Waals surface area contributed by atoms with Crippen LogP contribution in [0.2, 0.25) is 5.02 Å². The van der Waals surface area contributed by atoms with Crippen molar-refractivity contribution in [1.82, 2.24) is 5.32 Å². The van der Waals surface area contributed by atoms with E-state index in [1.54, 1.807) is 0 Å². The van der Waals surface area contributed by atoms with Crippen molar-refractivity contribution in [1.29, 1.82) is 0 Å². The molecule has 0 heterocycles. The van der Waals surface area contributed by atoms with Crippen LogP contribution < -0.4 is 5.32 Å². The van der Waals surface area contributed by atoms with E-state index in [-0.39, 0.29) is 23.8 Å². The largest absolute Gasteiger partial charge is 0.393 e. The molecule has 1 saturated carbocycles. The van der Waals surface area contributed by atoms with Gasteiger partial charge >= 0.3 is 0 Å². The Bertz CT molecular complexity index is 472. The number of amides is 1. The number of aliphatic hydroxyl groups is 1. The Labute approximate surface area is 131 Å². The van der Waals surface area contributed by atoms with E-state index in [9.17, 15) is 9.90 Å². The fourth-order valence-electron chi connectivity index (χ4n) is 3.10. The standard InChI is InChI=1S/C17H24ClNO2/c1-11(2)16(13-4-6-14(18)7-5-13)17(21)19-10-12-3-8-15(20)9-12/h4-7,11-12,15-16,20H,3,8-10H2,1-2H3,(H,19,21). The first-order valence-corrected chi connectivity index (χ1v) is 8.06. The van der Waals surface area contributed by atoms with E-state index < -0.39 is 0 Å². The summed E-state index contributed by atoms with van der Waals surface area (Å²) in [7, 11) is 0. The molecule has 0 aromatic heterocycles. The third-order valence-corrected chi connectivity index (χ3v) is 4.51. The summed E-state index contributed by atoms with van der Waals surface area (Å²) in [6.45, 7) is 4.77. The lowest BCUT2D eigenvalue weighted by molar-refractivity contribution is -0.123.